The van der Waals surface area contributed by atoms with Crippen LogP contribution in [0.4, 0.5) is 23.7 Å². The molecule has 7 nitrogen and oxygen atoms in total. The molecule has 0 radical (unpaired) electrons. The van der Waals surface area contributed by atoms with Crippen LogP contribution in [0.15, 0.2) is 53.6 Å². The number of carbonyl (C=O) groups excluding carboxylic acids is 2. The van der Waals surface area contributed by atoms with Crippen LogP contribution in [0, 0.1) is 0 Å². The van der Waals surface area contributed by atoms with Gasteiger partial charge in [-0.25, -0.2) is 4.79 Å². The van der Waals surface area contributed by atoms with Crippen molar-refractivity contribution in [1.82, 2.24) is 9.91 Å². The van der Waals surface area contributed by atoms with E-state index < -0.39 is 29.3 Å². The van der Waals surface area contributed by atoms with Crippen LogP contribution in [-0.2, 0) is 15.7 Å². The highest BCUT2D eigenvalue weighted by Gasteiger charge is 2.45. The topological polar surface area (TPSA) is 74.2 Å². The predicted molar refractivity (Wildman–Crippen MR) is 118 cm³/mol. The zero-order valence-electron chi connectivity index (χ0n) is 18.1. The molecule has 2 amide bonds. The minimum absolute atomic E-state index is 0.178. The quantitative estimate of drug-likeness (QED) is 0.682. The third kappa shape index (κ3) is 5.39. The molecule has 3 rings (SSSR count). The molecule has 0 bridgehead atoms. The molecular weight excluding hydrogens is 461 g/mol. The maximum Gasteiger partial charge on any atom is 0.416 e. The van der Waals surface area contributed by atoms with E-state index in [4.69, 9.17) is 16.3 Å². The molecule has 1 aliphatic rings. The Kier molecular flexibility index (Phi) is 6.87. The summed E-state index contributed by atoms with van der Waals surface area (Å²) in [5.74, 6) is -0.473. The lowest BCUT2D eigenvalue weighted by Gasteiger charge is -2.35. The Bertz CT molecular complexity index is 1060. The summed E-state index contributed by atoms with van der Waals surface area (Å²) in [6.45, 7) is 1.81. The molecule has 0 aromatic heterocycles. The Hall–Kier alpha value is -3.27. The molecule has 0 saturated heterocycles. The standard InChI is InChI=1S/C22H22ClF3N4O3/c1-21(29(2)20(32)33-3)13-30(28-19(21)14-4-8-16(23)9-5-14)12-18(31)27-17-10-6-15(7-11-17)22(24,25)26/h4-11H,12-13H2,1-3H3,(H,27,31). The Morgan fingerprint density at radius 3 is 2.33 bits per heavy atom. The van der Waals surface area contributed by atoms with Gasteiger partial charge in [0.2, 0.25) is 5.91 Å². The van der Waals surface area contributed by atoms with Crippen LogP contribution in [0.3, 0.4) is 0 Å². The van der Waals surface area contributed by atoms with Crippen molar-refractivity contribution in [2.24, 2.45) is 5.10 Å². The van der Waals surface area contributed by atoms with Crippen LogP contribution in [0.1, 0.15) is 18.1 Å². The lowest BCUT2D eigenvalue weighted by Crippen LogP contribution is -2.55. The zero-order chi connectivity index (χ0) is 24.4. The summed E-state index contributed by atoms with van der Waals surface area (Å²) in [5, 5.41) is 9.14. The Morgan fingerprint density at radius 1 is 1.18 bits per heavy atom. The lowest BCUT2D eigenvalue weighted by molar-refractivity contribution is -0.137. The lowest BCUT2D eigenvalue weighted by atomic mass is 9.90. The fraction of sp³-hybridized carbons (Fsp3) is 0.318. The molecule has 176 valence electrons. The van der Waals surface area contributed by atoms with Crippen molar-refractivity contribution in [3.8, 4) is 0 Å². The van der Waals surface area contributed by atoms with Gasteiger partial charge >= 0.3 is 12.3 Å². The zero-order valence-corrected chi connectivity index (χ0v) is 18.9. The van der Waals surface area contributed by atoms with Gasteiger partial charge in [-0.15, -0.1) is 0 Å². The molecule has 1 N–H and O–H groups in total. The van der Waals surface area contributed by atoms with Gasteiger partial charge < -0.3 is 10.1 Å². The van der Waals surface area contributed by atoms with Crippen molar-refractivity contribution in [3.63, 3.8) is 0 Å². The van der Waals surface area contributed by atoms with E-state index in [1.54, 1.807) is 38.2 Å². The van der Waals surface area contributed by atoms with Gasteiger partial charge in [0, 0.05) is 23.3 Å². The molecule has 1 atom stereocenters. The summed E-state index contributed by atoms with van der Waals surface area (Å²) in [6, 6.07) is 11.1. The molecule has 2 aromatic carbocycles. The normalized spacial score (nSPS) is 18.0. The number of likely N-dealkylation sites (N-methyl/N-ethyl adjacent to an activating group) is 1. The summed E-state index contributed by atoms with van der Waals surface area (Å²) in [6.07, 6.45) is -5.03. The van der Waals surface area contributed by atoms with Crippen molar-refractivity contribution in [2.45, 2.75) is 18.6 Å². The first kappa shape index (κ1) is 24.4. The van der Waals surface area contributed by atoms with Gasteiger partial charge in [0.1, 0.15) is 12.1 Å². The maximum absolute atomic E-state index is 12.7. The molecule has 11 heteroatoms. The molecule has 2 aromatic rings. The Balaban J connectivity index is 1.79. The number of nitrogens with zero attached hydrogens (tertiary/aromatic N) is 3. The first-order chi connectivity index (χ1) is 15.4. The third-order valence-electron chi connectivity index (χ3n) is 5.37. The number of nitrogens with one attached hydrogen (secondary N) is 1. The van der Waals surface area contributed by atoms with Gasteiger partial charge in [0.15, 0.2) is 0 Å². The molecule has 1 unspecified atom stereocenters. The highest BCUT2D eigenvalue weighted by molar-refractivity contribution is 6.30. The third-order valence-corrected chi connectivity index (χ3v) is 5.62. The number of rotatable bonds is 5. The second-order valence-corrected chi connectivity index (χ2v) is 8.14. The number of hydrogen-bond acceptors (Lipinski definition) is 5. The van der Waals surface area contributed by atoms with Gasteiger partial charge in [-0.2, -0.15) is 18.3 Å². The number of carbonyl (C=O) groups is 2. The number of amides is 2. The van der Waals surface area contributed by atoms with Gasteiger partial charge in [-0.05, 0) is 43.3 Å². The van der Waals surface area contributed by atoms with Crippen LogP contribution in [0.25, 0.3) is 0 Å². The molecule has 1 heterocycles. The number of ether oxygens (including phenoxy) is 1. The van der Waals surface area contributed by atoms with Crippen molar-refractivity contribution >= 4 is 35.0 Å². The van der Waals surface area contributed by atoms with Crippen molar-refractivity contribution < 1.29 is 27.5 Å². The van der Waals surface area contributed by atoms with Crippen molar-refractivity contribution in [1.29, 1.82) is 0 Å². The first-order valence-corrected chi connectivity index (χ1v) is 10.2. The van der Waals surface area contributed by atoms with E-state index in [1.165, 1.54) is 29.2 Å². The van der Waals surface area contributed by atoms with Crippen LogP contribution in [0.2, 0.25) is 5.02 Å². The fourth-order valence-corrected chi connectivity index (χ4v) is 3.62. The molecule has 0 spiro atoms. The van der Waals surface area contributed by atoms with E-state index in [9.17, 15) is 22.8 Å². The summed E-state index contributed by atoms with van der Waals surface area (Å²) in [5.41, 5.74) is -0.254. The molecule has 0 aliphatic carbocycles. The fourth-order valence-electron chi connectivity index (χ4n) is 3.49. The van der Waals surface area contributed by atoms with Gasteiger partial charge in [0.05, 0.1) is 24.9 Å². The molecule has 1 aliphatic heterocycles. The van der Waals surface area contributed by atoms with E-state index >= 15 is 0 Å². The first-order valence-electron chi connectivity index (χ1n) is 9.83. The van der Waals surface area contributed by atoms with Gasteiger partial charge in [0.25, 0.3) is 0 Å². The molecule has 0 fully saturated rings. The van der Waals surface area contributed by atoms with Gasteiger partial charge in [-0.1, -0.05) is 23.7 Å². The number of methoxy groups -OCH3 is 1. The van der Waals surface area contributed by atoms with Crippen LogP contribution >= 0.6 is 11.6 Å². The van der Waals surface area contributed by atoms with Gasteiger partial charge in [-0.3, -0.25) is 14.7 Å². The van der Waals surface area contributed by atoms with E-state index in [1.807, 2.05) is 0 Å². The van der Waals surface area contributed by atoms with Crippen LogP contribution in [-0.4, -0.2) is 60.4 Å². The monoisotopic (exact) mass is 482 g/mol. The minimum Gasteiger partial charge on any atom is -0.453 e. The van der Waals surface area contributed by atoms with Crippen molar-refractivity contribution in [2.75, 3.05) is 32.6 Å². The second-order valence-electron chi connectivity index (χ2n) is 7.70. The number of anilines is 1. The SMILES string of the molecule is COC(=O)N(C)C1(C)CN(CC(=O)Nc2ccc(C(F)(F)F)cc2)N=C1c1ccc(Cl)cc1. The summed E-state index contributed by atoms with van der Waals surface area (Å²) < 4.78 is 43.0. The largest absolute Gasteiger partial charge is 0.453 e. The van der Waals surface area contributed by atoms with E-state index in [0.29, 0.717) is 16.3 Å². The highest BCUT2D eigenvalue weighted by Crippen LogP contribution is 2.31. The number of benzene rings is 2. The average Bonchev–Trinajstić information content (AvgIpc) is 3.09. The number of hydrogen-bond donors (Lipinski definition) is 1. The van der Waals surface area contributed by atoms with E-state index in [2.05, 4.69) is 10.4 Å². The van der Waals surface area contributed by atoms with E-state index in [0.717, 1.165) is 12.1 Å². The highest BCUT2D eigenvalue weighted by atomic mass is 35.5. The number of halogens is 4. The minimum atomic E-state index is -4.46. The predicted octanol–water partition coefficient (Wildman–Crippen LogP) is 4.47. The summed E-state index contributed by atoms with van der Waals surface area (Å²) >= 11 is 5.98. The summed E-state index contributed by atoms with van der Waals surface area (Å²) in [7, 11) is 2.84. The van der Waals surface area contributed by atoms with Crippen molar-refractivity contribution in [3.05, 3.63) is 64.7 Å². The van der Waals surface area contributed by atoms with Crippen LogP contribution < -0.4 is 5.32 Å². The summed E-state index contributed by atoms with van der Waals surface area (Å²) in [4.78, 5) is 26.2. The number of hydrazone groups is 1. The Morgan fingerprint density at radius 2 is 1.79 bits per heavy atom. The number of alkyl halides is 3. The van der Waals surface area contributed by atoms with E-state index in [-0.39, 0.29) is 18.8 Å². The molecule has 0 saturated carbocycles. The second kappa shape index (κ2) is 9.30. The van der Waals surface area contributed by atoms with Crippen LogP contribution in [0.5, 0.6) is 0 Å². The average molecular weight is 483 g/mol. The molecular formula is C22H22ClF3N4O3. The maximum atomic E-state index is 12.7. The smallest absolute Gasteiger partial charge is 0.416 e. The Labute approximate surface area is 193 Å². The molecule has 33 heavy (non-hydrogen) atoms.